The van der Waals surface area contributed by atoms with Crippen molar-refractivity contribution < 1.29 is 23.8 Å². The first kappa shape index (κ1) is 21.1. The van der Waals surface area contributed by atoms with E-state index in [1.807, 2.05) is 6.92 Å². The van der Waals surface area contributed by atoms with Gasteiger partial charge in [0, 0.05) is 32.7 Å². The van der Waals surface area contributed by atoms with Crippen LogP contribution in [0.2, 0.25) is 0 Å². The molecule has 1 fully saturated rings. The normalized spacial score (nSPS) is 17.9. The van der Waals surface area contributed by atoms with E-state index in [0.717, 1.165) is 18.4 Å². The molecule has 2 N–H and O–H groups in total. The van der Waals surface area contributed by atoms with E-state index in [1.165, 1.54) is 19.1 Å². The molecule has 2 rings (SSSR count). The molecule has 1 aromatic rings. The standard InChI is InChI=1S/C19H28FN3O4/c1-3-4-13-27-18(26)21-19(2,17(24)25)23-11-9-22(10-12-23)14-15-5-7-16(20)8-6-15/h5-8H,3-4,9-14H2,1-2H3,(H,21,26)(H,24,25). The molecule has 0 bridgehead atoms. The van der Waals surface area contributed by atoms with E-state index in [0.29, 0.717) is 32.7 Å². The number of aliphatic carboxylic acids is 1. The number of carbonyl (C=O) groups excluding carboxylic acids is 1. The Kier molecular flexibility index (Phi) is 7.55. The zero-order valence-electron chi connectivity index (χ0n) is 15.9. The van der Waals surface area contributed by atoms with Crippen molar-refractivity contribution in [3.8, 4) is 0 Å². The van der Waals surface area contributed by atoms with Crippen LogP contribution in [0.3, 0.4) is 0 Å². The van der Waals surface area contributed by atoms with Gasteiger partial charge in [0.2, 0.25) is 0 Å². The number of unbranched alkanes of at least 4 members (excludes halogenated alkanes) is 1. The molecule has 1 atom stereocenters. The zero-order chi connectivity index (χ0) is 19.9. The number of piperazine rings is 1. The molecule has 0 saturated carbocycles. The smallest absolute Gasteiger partial charge is 0.409 e. The third kappa shape index (κ3) is 5.90. The maximum absolute atomic E-state index is 13.0. The number of carbonyl (C=O) groups is 2. The number of ether oxygens (including phenoxy) is 1. The lowest BCUT2D eigenvalue weighted by atomic mass is 10.1. The number of hydrogen-bond acceptors (Lipinski definition) is 5. The summed E-state index contributed by atoms with van der Waals surface area (Å²) in [7, 11) is 0. The van der Waals surface area contributed by atoms with Gasteiger partial charge in [-0.3, -0.25) is 15.1 Å². The number of hydrogen-bond donors (Lipinski definition) is 2. The molecular weight excluding hydrogens is 353 g/mol. The second-order valence-electron chi connectivity index (χ2n) is 6.88. The molecule has 27 heavy (non-hydrogen) atoms. The number of nitrogens with one attached hydrogen (secondary N) is 1. The summed E-state index contributed by atoms with van der Waals surface area (Å²) >= 11 is 0. The van der Waals surface area contributed by atoms with Crippen LogP contribution in [0.1, 0.15) is 32.3 Å². The third-order valence-electron chi connectivity index (χ3n) is 4.82. The summed E-state index contributed by atoms with van der Waals surface area (Å²) in [5.41, 5.74) is -0.519. The number of amides is 1. The maximum atomic E-state index is 13.0. The molecule has 7 nitrogen and oxygen atoms in total. The molecule has 1 unspecified atom stereocenters. The van der Waals surface area contributed by atoms with Gasteiger partial charge in [0.25, 0.3) is 0 Å². The van der Waals surface area contributed by atoms with Gasteiger partial charge in [0.15, 0.2) is 5.66 Å². The molecule has 0 aliphatic carbocycles. The Morgan fingerprint density at radius 1 is 1.22 bits per heavy atom. The molecule has 8 heteroatoms. The van der Waals surface area contributed by atoms with E-state index < -0.39 is 17.7 Å². The van der Waals surface area contributed by atoms with Crippen LogP contribution < -0.4 is 5.32 Å². The summed E-state index contributed by atoms with van der Waals surface area (Å²) in [6.45, 7) is 6.66. The topological polar surface area (TPSA) is 82.1 Å². The largest absolute Gasteiger partial charge is 0.478 e. The number of benzene rings is 1. The first-order valence-corrected chi connectivity index (χ1v) is 9.25. The average molecular weight is 381 g/mol. The van der Waals surface area contributed by atoms with Crippen LogP contribution in [-0.4, -0.2) is 65.4 Å². The summed E-state index contributed by atoms with van der Waals surface area (Å²) in [6.07, 6.45) is 0.903. The molecular formula is C19H28FN3O4. The number of nitrogens with zero attached hydrogens (tertiary/aromatic N) is 2. The average Bonchev–Trinajstić information content (AvgIpc) is 2.64. The predicted molar refractivity (Wildman–Crippen MR) is 98.7 cm³/mol. The molecule has 0 aromatic heterocycles. The molecule has 1 saturated heterocycles. The molecule has 1 aliphatic rings. The lowest BCUT2D eigenvalue weighted by Crippen LogP contribution is -2.67. The van der Waals surface area contributed by atoms with Gasteiger partial charge in [-0.1, -0.05) is 25.5 Å². The monoisotopic (exact) mass is 381 g/mol. The first-order valence-electron chi connectivity index (χ1n) is 9.25. The van der Waals surface area contributed by atoms with Gasteiger partial charge >= 0.3 is 12.1 Å². The van der Waals surface area contributed by atoms with E-state index in [-0.39, 0.29) is 12.4 Å². The summed E-state index contributed by atoms with van der Waals surface area (Å²) < 4.78 is 18.1. The highest BCUT2D eigenvalue weighted by atomic mass is 19.1. The minimum atomic E-state index is -1.52. The Bertz CT molecular complexity index is 632. The molecule has 1 aromatic carbocycles. The fraction of sp³-hybridized carbons (Fsp3) is 0.579. The predicted octanol–water partition coefficient (Wildman–Crippen LogP) is 2.27. The van der Waals surface area contributed by atoms with Gasteiger partial charge < -0.3 is 9.84 Å². The number of halogens is 1. The lowest BCUT2D eigenvalue weighted by molar-refractivity contribution is -0.154. The fourth-order valence-corrected chi connectivity index (χ4v) is 3.01. The van der Waals surface area contributed by atoms with E-state index in [2.05, 4.69) is 10.2 Å². The van der Waals surface area contributed by atoms with Crippen LogP contribution in [0.25, 0.3) is 0 Å². The lowest BCUT2D eigenvalue weighted by Gasteiger charge is -2.43. The van der Waals surface area contributed by atoms with Crippen LogP contribution in [-0.2, 0) is 16.1 Å². The SMILES string of the molecule is CCCCOC(=O)NC(C)(C(=O)O)N1CCN(Cc2ccc(F)cc2)CC1. The third-order valence-corrected chi connectivity index (χ3v) is 4.82. The van der Waals surface area contributed by atoms with Crippen molar-refractivity contribution in [1.82, 2.24) is 15.1 Å². The number of carboxylic acid groups (broad SMARTS) is 1. The first-order chi connectivity index (χ1) is 12.8. The van der Waals surface area contributed by atoms with E-state index in [1.54, 1.807) is 17.0 Å². The number of alkyl carbamates (subject to hydrolysis) is 1. The molecule has 0 spiro atoms. The van der Waals surface area contributed by atoms with Crippen molar-refractivity contribution in [2.45, 2.75) is 38.9 Å². The second-order valence-corrected chi connectivity index (χ2v) is 6.88. The maximum Gasteiger partial charge on any atom is 0.409 e. The summed E-state index contributed by atoms with van der Waals surface area (Å²) in [4.78, 5) is 27.7. The van der Waals surface area contributed by atoms with Crippen LogP contribution >= 0.6 is 0 Å². The van der Waals surface area contributed by atoms with E-state index in [9.17, 15) is 19.1 Å². The highest BCUT2D eigenvalue weighted by Gasteiger charge is 2.42. The molecule has 1 heterocycles. The van der Waals surface area contributed by atoms with Crippen molar-refractivity contribution in [2.75, 3.05) is 32.8 Å². The second kappa shape index (κ2) is 9.66. The van der Waals surface area contributed by atoms with Gasteiger partial charge in [-0.15, -0.1) is 0 Å². The van der Waals surface area contributed by atoms with Crippen molar-refractivity contribution in [1.29, 1.82) is 0 Å². The van der Waals surface area contributed by atoms with Crippen molar-refractivity contribution >= 4 is 12.1 Å². The van der Waals surface area contributed by atoms with E-state index >= 15 is 0 Å². The Hall–Kier alpha value is -2.19. The van der Waals surface area contributed by atoms with E-state index in [4.69, 9.17) is 4.74 Å². The molecule has 150 valence electrons. The van der Waals surface area contributed by atoms with Gasteiger partial charge in [-0.2, -0.15) is 0 Å². The minimum absolute atomic E-state index is 0.266. The quantitative estimate of drug-likeness (QED) is 0.673. The van der Waals surface area contributed by atoms with Gasteiger partial charge in [0.05, 0.1) is 6.61 Å². The Labute approximate surface area is 159 Å². The minimum Gasteiger partial charge on any atom is -0.478 e. The zero-order valence-corrected chi connectivity index (χ0v) is 15.9. The Balaban J connectivity index is 1.90. The van der Waals surface area contributed by atoms with Crippen molar-refractivity contribution in [2.24, 2.45) is 0 Å². The molecule has 1 aliphatic heterocycles. The van der Waals surface area contributed by atoms with Crippen molar-refractivity contribution in [3.05, 3.63) is 35.6 Å². The molecule has 0 radical (unpaired) electrons. The summed E-state index contributed by atoms with van der Waals surface area (Å²) in [6, 6.07) is 6.36. The van der Waals surface area contributed by atoms with Crippen molar-refractivity contribution in [3.63, 3.8) is 0 Å². The van der Waals surface area contributed by atoms with Crippen LogP contribution in [0.4, 0.5) is 9.18 Å². The van der Waals surface area contributed by atoms with Gasteiger partial charge in [0.1, 0.15) is 5.82 Å². The Morgan fingerprint density at radius 2 is 1.85 bits per heavy atom. The fourth-order valence-electron chi connectivity index (χ4n) is 3.01. The van der Waals surface area contributed by atoms with Crippen LogP contribution in [0.5, 0.6) is 0 Å². The van der Waals surface area contributed by atoms with Crippen LogP contribution in [0, 0.1) is 5.82 Å². The molecule has 1 amide bonds. The number of rotatable bonds is 8. The highest BCUT2D eigenvalue weighted by Crippen LogP contribution is 2.17. The van der Waals surface area contributed by atoms with Gasteiger partial charge in [-0.05, 0) is 31.0 Å². The number of carboxylic acids is 1. The highest BCUT2D eigenvalue weighted by molar-refractivity contribution is 5.83. The van der Waals surface area contributed by atoms with Gasteiger partial charge in [-0.25, -0.2) is 14.0 Å². The Morgan fingerprint density at radius 3 is 2.41 bits per heavy atom. The summed E-state index contributed by atoms with van der Waals surface area (Å²) in [5.74, 6) is -1.39. The van der Waals surface area contributed by atoms with Crippen LogP contribution in [0.15, 0.2) is 24.3 Å². The summed E-state index contributed by atoms with van der Waals surface area (Å²) in [5, 5.41) is 12.2.